The molecule has 1 aliphatic rings. The topological polar surface area (TPSA) is 25.8 Å². The van der Waals surface area contributed by atoms with E-state index in [-0.39, 0.29) is 5.41 Å². The van der Waals surface area contributed by atoms with Gasteiger partial charge in [-0.2, -0.15) is 0 Å². The molecular formula is C47H34N2. The normalized spacial score (nSPS) is 12.9. The Hall–Kier alpha value is -6.12. The van der Waals surface area contributed by atoms with Crippen molar-refractivity contribution in [2.45, 2.75) is 19.3 Å². The lowest BCUT2D eigenvalue weighted by Gasteiger charge is -2.23. The van der Waals surface area contributed by atoms with E-state index < -0.39 is 0 Å². The summed E-state index contributed by atoms with van der Waals surface area (Å²) in [6.45, 7) is 4.72. The molecule has 232 valence electrons. The van der Waals surface area contributed by atoms with Crippen LogP contribution in [0, 0.1) is 0 Å². The summed E-state index contributed by atoms with van der Waals surface area (Å²) >= 11 is 0. The van der Waals surface area contributed by atoms with Gasteiger partial charge in [0.15, 0.2) is 5.82 Å². The van der Waals surface area contributed by atoms with Gasteiger partial charge >= 0.3 is 0 Å². The van der Waals surface area contributed by atoms with Gasteiger partial charge < -0.3 is 0 Å². The molecule has 0 spiro atoms. The van der Waals surface area contributed by atoms with Gasteiger partial charge in [-0.05, 0) is 73.5 Å². The highest BCUT2D eigenvalue weighted by atomic mass is 14.9. The second kappa shape index (κ2) is 11.5. The molecule has 0 saturated heterocycles. The predicted molar refractivity (Wildman–Crippen MR) is 204 cm³/mol. The van der Waals surface area contributed by atoms with Crippen molar-refractivity contribution in [1.82, 2.24) is 9.97 Å². The molecule has 0 N–H and O–H groups in total. The molecule has 9 rings (SSSR count). The average molecular weight is 627 g/mol. The van der Waals surface area contributed by atoms with Crippen molar-refractivity contribution in [2.75, 3.05) is 0 Å². The lowest BCUT2D eigenvalue weighted by Crippen LogP contribution is -2.15. The van der Waals surface area contributed by atoms with Gasteiger partial charge in [0.2, 0.25) is 0 Å². The number of fused-ring (bicyclic) bond motifs is 5. The Morgan fingerprint density at radius 3 is 1.67 bits per heavy atom. The van der Waals surface area contributed by atoms with Crippen molar-refractivity contribution in [3.63, 3.8) is 0 Å². The SMILES string of the molecule is CC1(C)c2ccc(-c3cccc(-c4ccc(-c5cc(-c6ccccc6)nc(-c6ccccc6)n5)cc4)c3)cc2-c2ccc3ccccc3c21. The molecule has 0 atom stereocenters. The molecule has 1 aromatic heterocycles. The lowest BCUT2D eigenvalue weighted by atomic mass is 9.80. The first-order valence-electron chi connectivity index (χ1n) is 16.9. The molecule has 1 heterocycles. The Bertz CT molecular complexity index is 2440. The highest BCUT2D eigenvalue weighted by Gasteiger charge is 2.36. The first kappa shape index (κ1) is 29.1. The second-order valence-corrected chi connectivity index (χ2v) is 13.4. The number of aromatic nitrogens is 2. The van der Waals surface area contributed by atoms with E-state index in [1.807, 2.05) is 36.4 Å². The van der Waals surface area contributed by atoms with Crippen LogP contribution >= 0.6 is 0 Å². The summed E-state index contributed by atoms with van der Waals surface area (Å²) in [6.07, 6.45) is 0. The van der Waals surface area contributed by atoms with E-state index in [4.69, 9.17) is 9.97 Å². The van der Waals surface area contributed by atoms with Gasteiger partial charge in [-0.3, -0.25) is 0 Å². The summed E-state index contributed by atoms with van der Waals surface area (Å²) in [5.74, 6) is 0.724. The fraction of sp³-hybridized carbons (Fsp3) is 0.0638. The second-order valence-electron chi connectivity index (χ2n) is 13.4. The van der Waals surface area contributed by atoms with Gasteiger partial charge in [-0.25, -0.2) is 9.97 Å². The van der Waals surface area contributed by atoms with Crippen molar-refractivity contribution < 1.29 is 0 Å². The molecule has 0 unspecified atom stereocenters. The van der Waals surface area contributed by atoms with Gasteiger partial charge in [-0.15, -0.1) is 0 Å². The largest absolute Gasteiger partial charge is 0.228 e. The molecule has 0 fully saturated rings. The lowest BCUT2D eigenvalue weighted by molar-refractivity contribution is 0.666. The molecular weight excluding hydrogens is 593 g/mol. The zero-order valence-corrected chi connectivity index (χ0v) is 27.6. The summed E-state index contributed by atoms with van der Waals surface area (Å²) in [7, 11) is 0. The van der Waals surface area contributed by atoms with E-state index >= 15 is 0 Å². The monoisotopic (exact) mass is 626 g/mol. The smallest absolute Gasteiger partial charge is 0.160 e. The number of benzene rings is 7. The molecule has 2 nitrogen and oxygen atoms in total. The molecule has 0 aliphatic heterocycles. The molecule has 1 aliphatic carbocycles. The first-order chi connectivity index (χ1) is 24.0. The first-order valence-corrected chi connectivity index (χ1v) is 16.9. The van der Waals surface area contributed by atoms with Crippen LogP contribution in [0.2, 0.25) is 0 Å². The molecule has 0 bridgehead atoms. The van der Waals surface area contributed by atoms with E-state index in [1.165, 1.54) is 55.3 Å². The quantitative estimate of drug-likeness (QED) is 0.190. The van der Waals surface area contributed by atoms with Gasteiger partial charge in [0.25, 0.3) is 0 Å². The molecule has 0 saturated carbocycles. The van der Waals surface area contributed by atoms with E-state index in [0.717, 1.165) is 33.9 Å². The van der Waals surface area contributed by atoms with Crippen LogP contribution < -0.4 is 0 Å². The van der Waals surface area contributed by atoms with Gasteiger partial charge in [0, 0.05) is 22.1 Å². The zero-order valence-electron chi connectivity index (χ0n) is 27.6. The van der Waals surface area contributed by atoms with Gasteiger partial charge in [0.1, 0.15) is 0 Å². The standard InChI is InChI=1S/C47H34N2/c1-47(2)42-27-25-38(29-41(42)40-26-24-32-12-9-10-19-39(32)45(40)47)37-18-11-17-36(28-37)31-20-22-34(23-21-31)44-30-43(33-13-5-3-6-14-33)48-46(49-44)35-15-7-4-8-16-35/h3-30H,1-2H3. The molecule has 8 aromatic rings. The fourth-order valence-electron chi connectivity index (χ4n) is 7.58. The summed E-state index contributed by atoms with van der Waals surface area (Å²) in [5, 5.41) is 2.65. The molecule has 7 aromatic carbocycles. The zero-order chi connectivity index (χ0) is 33.0. The number of nitrogens with zero attached hydrogens (tertiary/aromatic N) is 2. The van der Waals surface area contributed by atoms with Gasteiger partial charge in [0.05, 0.1) is 11.4 Å². The minimum absolute atomic E-state index is 0.0545. The van der Waals surface area contributed by atoms with E-state index in [1.54, 1.807) is 0 Å². The van der Waals surface area contributed by atoms with Crippen molar-refractivity contribution in [1.29, 1.82) is 0 Å². The van der Waals surface area contributed by atoms with Crippen LogP contribution in [-0.4, -0.2) is 9.97 Å². The Labute approximate surface area is 287 Å². The van der Waals surface area contributed by atoms with E-state index in [2.05, 4.69) is 147 Å². The number of rotatable bonds is 5. The maximum Gasteiger partial charge on any atom is 0.160 e. The van der Waals surface area contributed by atoms with Crippen LogP contribution in [0.25, 0.3) is 78.1 Å². The van der Waals surface area contributed by atoms with Crippen molar-refractivity contribution in [3.05, 3.63) is 181 Å². The van der Waals surface area contributed by atoms with Crippen LogP contribution in [0.4, 0.5) is 0 Å². The summed E-state index contributed by atoms with van der Waals surface area (Å²) < 4.78 is 0. The third kappa shape index (κ3) is 5.05. The highest BCUT2D eigenvalue weighted by molar-refractivity contribution is 5.98. The highest BCUT2D eigenvalue weighted by Crippen LogP contribution is 2.52. The Kier molecular flexibility index (Phi) is 6.84. The molecule has 0 amide bonds. The van der Waals surface area contributed by atoms with Crippen LogP contribution in [0.3, 0.4) is 0 Å². The third-order valence-electron chi connectivity index (χ3n) is 10.1. The van der Waals surface area contributed by atoms with Crippen molar-refractivity contribution in [2.24, 2.45) is 0 Å². The fourth-order valence-corrected chi connectivity index (χ4v) is 7.58. The Morgan fingerprint density at radius 2 is 0.939 bits per heavy atom. The van der Waals surface area contributed by atoms with E-state index in [9.17, 15) is 0 Å². The molecule has 2 heteroatoms. The van der Waals surface area contributed by atoms with Crippen LogP contribution in [-0.2, 0) is 5.41 Å². The van der Waals surface area contributed by atoms with E-state index in [0.29, 0.717) is 0 Å². The summed E-state index contributed by atoms with van der Waals surface area (Å²) in [5.41, 5.74) is 15.2. The number of hydrogen-bond donors (Lipinski definition) is 0. The minimum atomic E-state index is -0.0545. The Balaban J connectivity index is 1.06. The Morgan fingerprint density at radius 1 is 0.388 bits per heavy atom. The minimum Gasteiger partial charge on any atom is -0.228 e. The van der Waals surface area contributed by atoms with Crippen LogP contribution in [0.1, 0.15) is 25.0 Å². The maximum absolute atomic E-state index is 5.02. The molecule has 49 heavy (non-hydrogen) atoms. The third-order valence-corrected chi connectivity index (χ3v) is 10.1. The maximum atomic E-state index is 5.02. The summed E-state index contributed by atoms with van der Waals surface area (Å²) in [4.78, 5) is 9.96. The average Bonchev–Trinajstić information content (AvgIpc) is 3.41. The van der Waals surface area contributed by atoms with Crippen molar-refractivity contribution in [3.8, 4) is 67.3 Å². The molecule has 0 radical (unpaired) electrons. The van der Waals surface area contributed by atoms with Crippen LogP contribution in [0.15, 0.2) is 170 Å². The predicted octanol–water partition coefficient (Wildman–Crippen LogP) is 12.3. The van der Waals surface area contributed by atoms with Crippen LogP contribution in [0.5, 0.6) is 0 Å². The summed E-state index contributed by atoms with van der Waals surface area (Å²) in [6, 6.07) is 60.6. The number of hydrogen-bond acceptors (Lipinski definition) is 2. The van der Waals surface area contributed by atoms with Crippen molar-refractivity contribution >= 4 is 10.8 Å². The van der Waals surface area contributed by atoms with Gasteiger partial charge in [-0.1, -0.05) is 166 Å².